The quantitative estimate of drug-likeness (QED) is 0.836. The standard InChI is InChI=1S/C8H10N4OS/c1-5-7(13-6(2)11-5)3-9-8-12-10-4-14-8/h4H,3H2,1-2H3,(H,9,12). The van der Waals surface area contributed by atoms with Crippen molar-refractivity contribution in [3.8, 4) is 0 Å². The molecule has 0 fully saturated rings. The molecule has 0 spiro atoms. The van der Waals surface area contributed by atoms with Gasteiger partial charge in [-0.05, 0) is 6.92 Å². The minimum absolute atomic E-state index is 0.599. The molecule has 2 rings (SSSR count). The van der Waals surface area contributed by atoms with Gasteiger partial charge in [0.25, 0.3) is 0 Å². The average molecular weight is 210 g/mol. The van der Waals surface area contributed by atoms with Gasteiger partial charge in [-0.25, -0.2) is 4.98 Å². The van der Waals surface area contributed by atoms with E-state index in [1.54, 1.807) is 5.51 Å². The lowest BCUT2D eigenvalue weighted by Gasteiger charge is -1.97. The third-order valence-electron chi connectivity index (χ3n) is 1.76. The summed E-state index contributed by atoms with van der Waals surface area (Å²) in [6.45, 7) is 4.36. The molecule has 0 aliphatic rings. The van der Waals surface area contributed by atoms with Crippen LogP contribution in [0.15, 0.2) is 9.93 Å². The van der Waals surface area contributed by atoms with E-state index in [0.29, 0.717) is 12.4 Å². The number of oxazole rings is 1. The summed E-state index contributed by atoms with van der Waals surface area (Å²) in [6.07, 6.45) is 0. The molecule has 0 aliphatic carbocycles. The van der Waals surface area contributed by atoms with E-state index in [1.165, 1.54) is 11.3 Å². The third kappa shape index (κ3) is 1.90. The maximum absolute atomic E-state index is 5.40. The highest BCUT2D eigenvalue weighted by Gasteiger charge is 2.06. The van der Waals surface area contributed by atoms with Crippen molar-refractivity contribution in [3.05, 3.63) is 22.9 Å². The maximum Gasteiger partial charge on any atom is 0.205 e. The van der Waals surface area contributed by atoms with E-state index in [0.717, 1.165) is 16.6 Å². The van der Waals surface area contributed by atoms with Gasteiger partial charge in [-0.15, -0.1) is 10.2 Å². The Morgan fingerprint density at radius 1 is 1.50 bits per heavy atom. The van der Waals surface area contributed by atoms with Crippen LogP contribution in [-0.4, -0.2) is 15.2 Å². The zero-order valence-corrected chi connectivity index (χ0v) is 8.76. The summed E-state index contributed by atoms with van der Waals surface area (Å²) in [4.78, 5) is 4.17. The van der Waals surface area contributed by atoms with Gasteiger partial charge < -0.3 is 9.73 Å². The van der Waals surface area contributed by atoms with Crippen LogP contribution in [0, 0.1) is 13.8 Å². The molecule has 0 aromatic carbocycles. The predicted molar refractivity (Wildman–Crippen MR) is 53.2 cm³/mol. The molecule has 0 saturated carbocycles. The van der Waals surface area contributed by atoms with Gasteiger partial charge in [0.1, 0.15) is 11.3 Å². The first-order valence-electron chi connectivity index (χ1n) is 4.18. The van der Waals surface area contributed by atoms with Crippen molar-refractivity contribution in [3.63, 3.8) is 0 Å². The Hall–Kier alpha value is -1.43. The normalized spacial score (nSPS) is 10.4. The van der Waals surface area contributed by atoms with Crippen LogP contribution in [0.5, 0.6) is 0 Å². The Labute approximate surface area is 85.2 Å². The highest BCUT2D eigenvalue weighted by Crippen LogP contribution is 2.13. The topological polar surface area (TPSA) is 63.8 Å². The molecular formula is C8H10N4OS. The number of hydrogen-bond donors (Lipinski definition) is 1. The lowest BCUT2D eigenvalue weighted by molar-refractivity contribution is 0.480. The fourth-order valence-corrected chi connectivity index (χ4v) is 1.59. The zero-order chi connectivity index (χ0) is 9.97. The highest BCUT2D eigenvalue weighted by molar-refractivity contribution is 7.13. The van der Waals surface area contributed by atoms with Gasteiger partial charge in [-0.2, -0.15) is 0 Å². The molecule has 0 unspecified atom stereocenters. The van der Waals surface area contributed by atoms with Crippen molar-refractivity contribution in [2.45, 2.75) is 20.4 Å². The minimum atomic E-state index is 0.599. The summed E-state index contributed by atoms with van der Waals surface area (Å²) >= 11 is 1.46. The second-order valence-corrected chi connectivity index (χ2v) is 3.67. The molecule has 0 atom stereocenters. The number of rotatable bonds is 3. The van der Waals surface area contributed by atoms with Crippen LogP contribution in [-0.2, 0) is 6.54 Å². The lowest BCUT2D eigenvalue weighted by Crippen LogP contribution is -1.99. The number of hydrogen-bond acceptors (Lipinski definition) is 6. The SMILES string of the molecule is Cc1nc(C)c(CNc2nncs2)o1. The summed E-state index contributed by atoms with van der Waals surface area (Å²) in [7, 11) is 0. The number of nitrogens with zero attached hydrogens (tertiary/aromatic N) is 3. The van der Waals surface area contributed by atoms with Crippen LogP contribution >= 0.6 is 11.3 Å². The number of nitrogens with one attached hydrogen (secondary N) is 1. The van der Waals surface area contributed by atoms with Crippen LogP contribution in [0.25, 0.3) is 0 Å². The molecule has 2 aromatic heterocycles. The van der Waals surface area contributed by atoms with E-state index in [9.17, 15) is 0 Å². The van der Waals surface area contributed by atoms with Gasteiger partial charge in [-0.1, -0.05) is 11.3 Å². The molecule has 1 N–H and O–H groups in total. The van der Waals surface area contributed by atoms with E-state index in [-0.39, 0.29) is 0 Å². The molecule has 0 amide bonds. The van der Waals surface area contributed by atoms with E-state index in [4.69, 9.17) is 4.42 Å². The van der Waals surface area contributed by atoms with Gasteiger partial charge in [0, 0.05) is 6.92 Å². The molecule has 5 nitrogen and oxygen atoms in total. The van der Waals surface area contributed by atoms with Crippen molar-refractivity contribution in [2.24, 2.45) is 0 Å². The van der Waals surface area contributed by atoms with Crippen LogP contribution < -0.4 is 5.32 Å². The van der Waals surface area contributed by atoms with Crippen molar-refractivity contribution >= 4 is 16.5 Å². The number of anilines is 1. The second kappa shape index (κ2) is 3.75. The second-order valence-electron chi connectivity index (χ2n) is 2.84. The summed E-state index contributed by atoms with van der Waals surface area (Å²) in [5.41, 5.74) is 2.60. The number of aromatic nitrogens is 3. The fraction of sp³-hybridized carbons (Fsp3) is 0.375. The van der Waals surface area contributed by atoms with Gasteiger partial charge in [0.2, 0.25) is 5.13 Å². The van der Waals surface area contributed by atoms with Crippen molar-refractivity contribution in [1.82, 2.24) is 15.2 Å². The lowest BCUT2D eigenvalue weighted by atomic mass is 10.4. The van der Waals surface area contributed by atoms with E-state index in [1.807, 2.05) is 13.8 Å². The van der Waals surface area contributed by atoms with Crippen molar-refractivity contribution in [2.75, 3.05) is 5.32 Å². The smallest absolute Gasteiger partial charge is 0.205 e. The molecule has 2 aromatic rings. The molecule has 74 valence electrons. The Morgan fingerprint density at radius 3 is 2.93 bits per heavy atom. The summed E-state index contributed by atoms with van der Waals surface area (Å²) in [5.74, 6) is 1.54. The average Bonchev–Trinajstić information content (AvgIpc) is 2.72. The third-order valence-corrected chi connectivity index (χ3v) is 2.41. The summed E-state index contributed by atoms with van der Waals surface area (Å²) < 4.78 is 5.40. The van der Waals surface area contributed by atoms with Gasteiger partial charge in [-0.3, -0.25) is 0 Å². The molecule has 0 bridgehead atoms. The highest BCUT2D eigenvalue weighted by atomic mass is 32.1. The first-order chi connectivity index (χ1) is 6.75. The van der Waals surface area contributed by atoms with Crippen LogP contribution in [0.3, 0.4) is 0 Å². The molecule has 0 aliphatic heterocycles. The minimum Gasteiger partial charge on any atom is -0.444 e. The monoisotopic (exact) mass is 210 g/mol. The summed E-state index contributed by atoms with van der Waals surface area (Å²) in [5, 5.41) is 11.5. The first kappa shape index (κ1) is 9.14. The first-order valence-corrected chi connectivity index (χ1v) is 5.06. The molecule has 0 saturated heterocycles. The predicted octanol–water partition coefficient (Wildman–Crippen LogP) is 1.76. The van der Waals surface area contributed by atoms with Crippen molar-refractivity contribution in [1.29, 1.82) is 0 Å². The molecule has 0 radical (unpaired) electrons. The Kier molecular flexibility index (Phi) is 2.45. The molecule has 14 heavy (non-hydrogen) atoms. The van der Waals surface area contributed by atoms with Crippen molar-refractivity contribution < 1.29 is 4.42 Å². The number of aryl methyl sites for hydroxylation is 2. The largest absolute Gasteiger partial charge is 0.444 e. The van der Waals surface area contributed by atoms with Gasteiger partial charge in [0.15, 0.2) is 5.89 Å². The maximum atomic E-state index is 5.40. The van der Waals surface area contributed by atoms with E-state index in [2.05, 4.69) is 20.5 Å². The van der Waals surface area contributed by atoms with Crippen LogP contribution in [0.2, 0.25) is 0 Å². The Morgan fingerprint density at radius 2 is 2.36 bits per heavy atom. The fourth-order valence-electron chi connectivity index (χ4n) is 1.14. The van der Waals surface area contributed by atoms with E-state index < -0.39 is 0 Å². The Balaban J connectivity index is 2.01. The molecule has 2 heterocycles. The van der Waals surface area contributed by atoms with Gasteiger partial charge in [0.05, 0.1) is 12.2 Å². The van der Waals surface area contributed by atoms with Gasteiger partial charge >= 0.3 is 0 Å². The van der Waals surface area contributed by atoms with Crippen LogP contribution in [0.1, 0.15) is 17.3 Å². The zero-order valence-electron chi connectivity index (χ0n) is 7.94. The Bertz CT molecular complexity index is 409. The summed E-state index contributed by atoms with van der Waals surface area (Å²) in [6, 6.07) is 0. The van der Waals surface area contributed by atoms with E-state index >= 15 is 0 Å². The van der Waals surface area contributed by atoms with Crippen LogP contribution in [0.4, 0.5) is 5.13 Å². The molecular weight excluding hydrogens is 200 g/mol. The molecule has 6 heteroatoms.